The molecule has 0 radical (unpaired) electrons. The summed E-state index contributed by atoms with van der Waals surface area (Å²) in [6.07, 6.45) is 0. The first kappa shape index (κ1) is 9.55. The van der Waals surface area contributed by atoms with Gasteiger partial charge in [0.15, 0.2) is 0 Å². The van der Waals surface area contributed by atoms with Gasteiger partial charge in [-0.15, -0.1) is 11.3 Å². The molecule has 0 saturated heterocycles. The highest BCUT2D eigenvalue weighted by Gasteiger charge is 2.05. The average Bonchev–Trinajstić information content (AvgIpc) is 2.58. The zero-order valence-electron chi connectivity index (χ0n) is 7.23. The van der Waals surface area contributed by atoms with E-state index in [0.29, 0.717) is 11.3 Å². The highest BCUT2D eigenvalue weighted by atomic mass is 32.1. The van der Waals surface area contributed by atoms with Gasteiger partial charge < -0.3 is 5.11 Å². The Balaban J connectivity index is 2.59. The van der Waals surface area contributed by atoms with Crippen molar-refractivity contribution in [3.8, 4) is 0 Å². The predicted octanol–water partition coefficient (Wildman–Crippen LogP) is 3.03. The number of thiol groups is 1. The second kappa shape index (κ2) is 3.63. The molecule has 1 aromatic heterocycles. The predicted molar refractivity (Wildman–Crippen MR) is 61.5 cm³/mol. The number of carboxylic acids is 1. The van der Waals surface area contributed by atoms with Gasteiger partial charge in [0.25, 0.3) is 0 Å². The lowest BCUT2D eigenvalue weighted by Gasteiger charge is -1.92. The van der Waals surface area contributed by atoms with E-state index in [1.54, 1.807) is 23.5 Å². The van der Waals surface area contributed by atoms with Crippen LogP contribution in [0, 0.1) is 0 Å². The standard InChI is InChI=1S/C10H8O2S2/c11-10(12)6-1-2-9-7(3-6)4-8(5-13)14-9/h1-4,13H,5H2,(H,11,12). The minimum atomic E-state index is -0.884. The second-order valence-electron chi connectivity index (χ2n) is 2.93. The lowest BCUT2D eigenvalue weighted by Crippen LogP contribution is -1.94. The van der Waals surface area contributed by atoms with Crippen molar-refractivity contribution >= 4 is 40.0 Å². The van der Waals surface area contributed by atoms with Crippen LogP contribution in [0.4, 0.5) is 0 Å². The zero-order valence-corrected chi connectivity index (χ0v) is 8.94. The largest absolute Gasteiger partial charge is 0.478 e. The van der Waals surface area contributed by atoms with Crippen LogP contribution >= 0.6 is 24.0 Å². The van der Waals surface area contributed by atoms with Gasteiger partial charge in [0.05, 0.1) is 5.56 Å². The molecule has 1 heterocycles. The molecule has 0 fully saturated rings. The van der Waals surface area contributed by atoms with E-state index in [9.17, 15) is 4.79 Å². The number of rotatable bonds is 2. The van der Waals surface area contributed by atoms with E-state index in [4.69, 9.17) is 5.11 Å². The molecule has 72 valence electrons. The van der Waals surface area contributed by atoms with Crippen LogP contribution in [0.15, 0.2) is 24.3 Å². The van der Waals surface area contributed by atoms with Crippen LogP contribution in [0.25, 0.3) is 10.1 Å². The van der Waals surface area contributed by atoms with Gasteiger partial charge in [-0.25, -0.2) is 4.79 Å². The molecule has 0 bridgehead atoms. The Morgan fingerprint density at radius 1 is 1.43 bits per heavy atom. The number of hydrogen-bond donors (Lipinski definition) is 2. The van der Waals surface area contributed by atoms with E-state index in [-0.39, 0.29) is 0 Å². The van der Waals surface area contributed by atoms with E-state index in [1.165, 1.54) is 0 Å². The number of aromatic carboxylic acids is 1. The van der Waals surface area contributed by atoms with E-state index in [0.717, 1.165) is 15.0 Å². The molecular weight excluding hydrogens is 216 g/mol. The zero-order chi connectivity index (χ0) is 10.1. The molecule has 0 aliphatic carbocycles. The van der Waals surface area contributed by atoms with Gasteiger partial charge in [-0.1, -0.05) is 0 Å². The van der Waals surface area contributed by atoms with Crippen LogP contribution < -0.4 is 0 Å². The molecule has 4 heteroatoms. The fraction of sp³-hybridized carbons (Fsp3) is 0.100. The normalized spacial score (nSPS) is 10.6. The van der Waals surface area contributed by atoms with Gasteiger partial charge in [-0.2, -0.15) is 12.6 Å². The van der Waals surface area contributed by atoms with Gasteiger partial charge >= 0.3 is 5.97 Å². The molecule has 2 nitrogen and oxygen atoms in total. The first-order valence-electron chi connectivity index (χ1n) is 4.07. The molecule has 14 heavy (non-hydrogen) atoms. The fourth-order valence-corrected chi connectivity index (χ4v) is 2.50. The molecule has 0 amide bonds. The highest BCUT2D eigenvalue weighted by molar-refractivity contribution is 7.79. The van der Waals surface area contributed by atoms with E-state index in [2.05, 4.69) is 12.6 Å². The lowest BCUT2D eigenvalue weighted by molar-refractivity contribution is 0.0697. The first-order valence-corrected chi connectivity index (χ1v) is 5.52. The molecular formula is C10H8O2S2. The Kier molecular flexibility index (Phi) is 2.48. The number of benzene rings is 1. The molecule has 0 saturated carbocycles. The van der Waals surface area contributed by atoms with Crippen LogP contribution in [-0.2, 0) is 5.75 Å². The van der Waals surface area contributed by atoms with E-state index in [1.807, 2.05) is 12.1 Å². The number of hydrogen-bond acceptors (Lipinski definition) is 3. The van der Waals surface area contributed by atoms with Crippen molar-refractivity contribution < 1.29 is 9.90 Å². The summed E-state index contributed by atoms with van der Waals surface area (Å²) >= 11 is 5.83. The van der Waals surface area contributed by atoms with Crippen molar-refractivity contribution in [1.29, 1.82) is 0 Å². The van der Waals surface area contributed by atoms with Crippen molar-refractivity contribution in [3.05, 3.63) is 34.7 Å². The summed E-state index contributed by atoms with van der Waals surface area (Å²) in [5, 5.41) is 9.78. The summed E-state index contributed by atoms with van der Waals surface area (Å²) in [5.41, 5.74) is 0.334. The molecule has 1 N–H and O–H groups in total. The monoisotopic (exact) mass is 224 g/mol. The van der Waals surface area contributed by atoms with Gasteiger partial charge in [0.1, 0.15) is 0 Å². The molecule has 2 aromatic rings. The Bertz CT molecular complexity index is 488. The summed E-state index contributed by atoms with van der Waals surface area (Å²) < 4.78 is 1.11. The smallest absolute Gasteiger partial charge is 0.335 e. The fourth-order valence-electron chi connectivity index (χ4n) is 1.31. The maximum absolute atomic E-state index is 10.7. The van der Waals surface area contributed by atoms with Gasteiger partial charge in [-0.05, 0) is 29.7 Å². The van der Waals surface area contributed by atoms with Crippen LogP contribution in [0.3, 0.4) is 0 Å². The quantitative estimate of drug-likeness (QED) is 0.769. The van der Waals surface area contributed by atoms with Crippen molar-refractivity contribution in [3.63, 3.8) is 0 Å². The average molecular weight is 224 g/mol. The summed E-state index contributed by atoms with van der Waals surface area (Å²) in [7, 11) is 0. The number of thiophene rings is 1. The van der Waals surface area contributed by atoms with Crippen molar-refractivity contribution in [2.45, 2.75) is 5.75 Å². The molecule has 0 unspecified atom stereocenters. The Morgan fingerprint density at radius 2 is 2.21 bits per heavy atom. The summed E-state index contributed by atoms with van der Waals surface area (Å²) in [4.78, 5) is 11.9. The third kappa shape index (κ3) is 1.63. The second-order valence-corrected chi connectivity index (χ2v) is 4.41. The summed E-state index contributed by atoms with van der Waals surface area (Å²) in [6, 6.07) is 7.15. The first-order chi connectivity index (χ1) is 6.70. The van der Waals surface area contributed by atoms with Crippen LogP contribution in [0.2, 0.25) is 0 Å². The molecule has 0 aliphatic rings. The molecule has 2 rings (SSSR count). The summed E-state index contributed by atoms with van der Waals surface area (Å²) in [5.74, 6) is -0.188. The SMILES string of the molecule is O=C(O)c1ccc2sc(CS)cc2c1. The minimum Gasteiger partial charge on any atom is -0.478 e. The van der Waals surface area contributed by atoms with Gasteiger partial charge in [0.2, 0.25) is 0 Å². The maximum atomic E-state index is 10.7. The summed E-state index contributed by atoms with van der Waals surface area (Å²) in [6.45, 7) is 0. The Hall–Kier alpha value is -1.00. The highest BCUT2D eigenvalue weighted by Crippen LogP contribution is 2.27. The number of carbonyl (C=O) groups is 1. The third-order valence-corrected chi connectivity index (χ3v) is 3.64. The molecule has 1 aromatic carbocycles. The third-order valence-electron chi connectivity index (χ3n) is 1.97. The minimum absolute atomic E-state index is 0.334. The molecule has 0 atom stereocenters. The van der Waals surface area contributed by atoms with Gasteiger partial charge in [-0.3, -0.25) is 0 Å². The number of carboxylic acid groups (broad SMARTS) is 1. The van der Waals surface area contributed by atoms with E-state index >= 15 is 0 Å². The van der Waals surface area contributed by atoms with E-state index < -0.39 is 5.97 Å². The number of fused-ring (bicyclic) bond motifs is 1. The lowest BCUT2D eigenvalue weighted by atomic mass is 10.2. The van der Waals surface area contributed by atoms with Crippen LogP contribution in [0.1, 0.15) is 15.2 Å². The van der Waals surface area contributed by atoms with Crippen molar-refractivity contribution in [1.82, 2.24) is 0 Å². The van der Waals surface area contributed by atoms with Crippen molar-refractivity contribution in [2.24, 2.45) is 0 Å². The van der Waals surface area contributed by atoms with Crippen LogP contribution in [0.5, 0.6) is 0 Å². The molecule has 0 spiro atoms. The van der Waals surface area contributed by atoms with Crippen molar-refractivity contribution in [2.75, 3.05) is 0 Å². The topological polar surface area (TPSA) is 37.3 Å². The molecule has 0 aliphatic heterocycles. The van der Waals surface area contributed by atoms with Gasteiger partial charge in [0, 0.05) is 15.3 Å². The Labute approximate surface area is 90.6 Å². The Morgan fingerprint density at radius 3 is 2.86 bits per heavy atom. The van der Waals surface area contributed by atoms with Crippen LogP contribution in [-0.4, -0.2) is 11.1 Å². The maximum Gasteiger partial charge on any atom is 0.335 e.